The largest absolute Gasteiger partial charge is 0.381 e. The fourth-order valence-corrected chi connectivity index (χ4v) is 6.49. The number of aromatic nitrogens is 1. The number of halogens is 3. The highest BCUT2D eigenvalue weighted by molar-refractivity contribution is 6.33. The molecule has 0 radical (unpaired) electrons. The number of likely N-dealkylation sites (tertiary alicyclic amines) is 1. The Kier molecular flexibility index (Phi) is 9.17. The molecule has 0 amide bonds. The third kappa shape index (κ3) is 6.09. The van der Waals surface area contributed by atoms with Gasteiger partial charge in [0.1, 0.15) is 17.3 Å². The van der Waals surface area contributed by atoms with E-state index in [1.165, 1.54) is 6.07 Å². The number of hydrogen-bond donors (Lipinski definition) is 3. The number of carbonyl (C=O) groups excluding carboxylic acids is 1. The van der Waals surface area contributed by atoms with Crippen LogP contribution in [0.4, 0.5) is 15.9 Å². The summed E-state index contributed by atoms with van der Waals surface area (Å²) >= 11 is 12.6. The third-order valence-corrected chi connectivity index (χ3v) is 8.74. The average molecular weight is 592 g/mol. The van der Waals surface area contributed by atoms with E-state index in [4.69, 9.17) is 23.2 Å². The monoisotopic (exact) mass is 590 g/mol. The van der Waals surface area contributed by atoms with Crippen LogP contribution in [0.3, 0.4) is 0 Å². The number of piperidine rings is 1. The van der Waals surface area contributed by atoms with E-state index in [9.17, 15) is 14.3 Å². The number of carbonyl (C=O) groups is 1. The topological polar surface area (TPSA) is 84.0 Å². The predicted octanol–water partition coefficient (Wildman–Crippen LogP) is 4.27. The second-order valence-corrected chi connectivity index (χ2v) is 11.6. The van der Waals surface area contributed by atoms with Crippen molar-refractivity contribution in [3.8, 4) is 0 Å². The van der Waals surface area contributed by atoms with Crippen molar-refractivity contribution in [1.29, 1.82) is 0 Å². The molecule has 2 atom stereocenters. The first-order valence-corrected chi connectivity index (χ1v) is 14.8. The number of piperazine rings is 1. The summed E-state index contributed by atoms with van der Waals surface area (Å²) in [6.45, 7) is 9.80. The fraction of sp³-hybridized carbons (Fsp3) is 0.517. The Balaban J connectivity index is 1.17. The number of anilines is 2. The minimum absolute atomic E-state index is 0.237. The van der Waals surface area contributed by atoms with Crippen LogP contribution in [0.2, 0.25) is 10.0 Å². The molecule has 5 rings (SSSR count). The molecule has 216 valence electrons. The van der Waals surface area contributed by atoms with Crippen molar-refractivity contribution in [2.24, 2.45) is 0 Å². The molecule has 1 aromatic carbocycles. The van der Waals surface area contributed by atoms with Crippen LogP contribution in [-0.2, 0) is 11.3 Å². The average Bonchev–Trinajstić information content (AvgIpc) is 2.96. The van der Waals surface area contributed by atoms with E-state index in [0.717, 1.165) is 57.8 Å². The molecular weight excluding hydrogens is 554 g/mol. The number of rotatable bonds is 9. The number of nitrogens with zero attached hydrogens (tertiary/aromatic N) is 4. The number of hydrogen-bond acceptors (Lipinski definition) is 8. The van der Waals surface area contributed by atoms with Gasteiger partial charge < -0.3 is 20.6 Å². The first-order chi connectivity index (χ1) is 19.3. The summed E-state index contributed by atoms with van der Waals surface area (Å²) in [4.78, 5) is 23.8. The van der Waals surface area contributed by atoms with E-state index in [2.05, 4.69) is 37.2 Å². The summed E-state index contributed by atoms with van der Waals surface area (Å²) in [5.41, 5.74) is 2.17. The van der Waals surface area contributed by atoms with Crippen molar-refractivity contribution < 1.29 is 14.3 Å². The second kappa shape index (κ2) is 12.6. The van der Waals surface area contributed by atoms with Crippen LogP contribution in [0.15, 0.2) is 41.9 Å². The van der Waals surface area contributed by atoms with Gasteiger partial charge in [-0.1, -0.05) is 36.2 Å². The lowest BCUT2D eigenvalue weighted by atomic mass is 9.95. The van der Waals surface area contributed by atoms with Gasteiger partial charge in [-0.05, 0) is 57.5 Å². The Morgan fingerprint density at radius 1 is 1.12 bits per heavy atom. The van der Waals surface area contributed by atoms with Crippen molar-refractivity contribution in [3.63, 3.8) is 0 Å². The van der Waals surface area contributed by atoms with E-state index >= 15 is 0 Å². The predicted molar refractivity (Wildman–Crippen MR) is 157 cm³/mol. The van der Waals surface area contributed by atoms with Crippen molar-refractivity contribution in [2.45, 2.75) is 57.8 Å². The maximum Gasteiger partial charge on any atom is 0.215 e. The minimum atomic E-state index is -1.16. The van der Waals surface area contributed by atoms with Crippen molar-refractivity contribution in [1.82, 2.24) is 20.1 Å². The number of aliphatic hydroxyl groups excluding tert-OH is 1. The standard InChI is InChI=1S/C29H37Cl2FN6O2/c1-3-21-17-37(29-23(31)14-20(15-34-29)35-26-25(33-4-2)27(39)28(26)40)11-12-38(21)22-7-9-36(10-8-22)16-18-5-6-19(30)13-24(18)32/h5-6,13-15,21-22,28,33,35,40H,3-4,7-12,16-17H2,1-2H3. The third-order valence-electron chi connectivity index (χ3n) is 8.23. The van der Waals surface area contributed by atoms with Gasteiger partial charge in [-0.3, -0.25) is 14.6 Å². The van der Waals surface area contributed by atoms with Crippen LogP contribution >= 0.6 is 23.2 Å². The number of benzene rings is 1. The maximum atomic E-state index is 14.3. The Labute approximate surface area is 245 Å². The van der Waals surface area contributed by atoms with E-state index in [1.54, 1.807) is 24.4 Å². The minimum Gasteiger partial charge on any atom is -0.381 e. The summed E-state index contributed by atoms with van der Waals surface area (Å²) < 4.78 is 14.3. The first kappa shape index (κ1) is 29.1. The zero-order valence-corrected chi connectivity index (χ0v) is 24.5. The van der Waals surface area contributed by atoms with Gasteiger partial charge in [0.25, 0.3) is 0 Å². The van der Waals surface area contributed by atoms with Crippen molar-refractivity contribution in [3.05, 3.63) is 63.3 Å². The van der Waals surface area contributed by atoms with E-state index in [1.807, 2.05) is 6.92 Å². The molecule has 2 aliphatic heterocycles. The molecule has 3 heterocycles. The van der Waals surface area contributed by atoms with Crippen LogP contribution in [0, 0.1) is 5.82 Å². The number of aliphatic hydroxyl groups is 1. The van der Waals surface area contributed by atoms with Gasteiger partial charge in [0.15, 0.2) is 6.10 Å². The lowest BCUT2D eigenvalue weighted by Gasteiger charge is -2.47. The zero-order valence-electron chi connectivity index (χ0n) is 23.0. The van der Waals surface area contributed by atoms with Gasteiger partial charge in [-0.15, -0.1) is 0 Å². The van der Waals surface area contributed by atoms with Gasteiger partial charge in [-0.2, -0.15) is 0 Å². The summed E-state index contributed by atoms with van der Waals surface area (Å²) in [6, 6.07) is 7.61. The molecule has 1 aliphatic carbocycles. The molecule has 1 aromatic heterocycles. The Bertz CT molecular complexity index is 1270. The van der Waals surface area contributed by atoms with E-state index in [0.29, 0.717) is 57.9 Å². The van der Waals surface area contributed by atoms with Crippen LogP contribution in [0.1, 0.15) is 38.7 Å². The number of nitrogens with one attached hydrogen (secondary N) is 2. The van der Waals surface area contributed by atoms with Crippen LogP contribution in [0.25, 0.3) is 0 Å². The number of Topliss-reactive ketones (excluding diaryl/α,β-unsaturated/α-hetero) is 1. The number of ketones is 1. The van der Waals surface area contributed by atoms with E-state index in [-0.39, 0.29) is 11.6 Å². The Morgan fingerprint density at radius 3 is 2.58 bits per heavy atom. The lowest BCUT2D eigenvalue weighted by Crippen LogP contribution is -2.58. The van der Waals surface area contributed by atoms with Gasteiger partial charge in [0.2, 0.25) is 5.78 Å². The van der Waals surface area contributed by atoms with Crippen molar-refractivity contribution >= 4 is 40.5 Å². The zero-order chi connectivity index (χ0) is 28.4. The molecular formula is C29H37Cl2FN6O2. The van der Waals surface area contributed by atoms with E-state index < -0.39 is 6.10 Å². The van der Waals surface area contributed by atoms with Gasteiger partial charge >= 0.3 is 0 Å². The normalized spacial score (nSPS) is 22.9. The Hall–Kier alpha value is -2.43. The molecule has 8 nitrogen and oxygen atoms in total. The summed E-state index contributed by atoms with van der Waals surface area (Å²) in [7, 11) is 0. The maximum absolute atomic E-state index is 14.3. The highest BCUT2D eigenvalue weighted by atomic mass is 35.5. The van der Waals surface area contributed by atoms with Crippen LogP contribution in [-0.4, -0.2) is 83.1 Å². The summed E-state index contributed by atoms with van der Waals surface area (Å²) in [5.74, 6) is 0.194. The van der Waals surface area contributed by atoms with Crippen LogP contribution < -0.4 is 15.5 Å². The molecule has 3 aliphatic rings. The lowest BCUT2D eigenvalue weighted by molar-refractivity contribution is -0.124. The molecule has 2 fully saturated rings. The Morgan fingerprint density at radius 2 is 1.90 bits per heavy atom. The summed E-state index contributed by atoms with van der Waals surface area (Å²) in [5, 5.41) is 17.1. The quantitative estimate of drug-likeness (QED) is 0.399. The van der Waals surface area contributed by atoms with Gasteiger partial charge in [-0.25, -0.2) is 9.37 Å². The fourth-order valence-electron chi connectivity index (χ4n) is 6.04. The van der Waals surface area contributed by atoms with Gasteiger partial charge in [0, 0.05) is 55.4 Å². The molecule has 0 bridgehead atoms. The molecule has 40 heavy (non-hydrogen) atoms. The highest BCUT2D eigenvalue weighted by Crippen LogP contribution is 2.32. The number of pyridine rings is 1. The van der Waals surface area contributed by atoms with Crippen molar-refractivity contribution in [2.75, 3.05) is 49.5 Å². The molecule has 0 spiro atoms. The molecule has 2 unspecified atom stereocenters. The molecule has 2 aromatic rings. The van der Waals surface area contributed by atoms with Gasteiger partial charge in [0.05, 0.1) is 22.6 Å². The molecule has 0 saturated carbocycles. The molecule has 11 heteroatoms. The molecule has 2 saturated heterocycles. The highest BCUT2D eigenvalue weighted by Gasteiger charge is 2.38. The SMILES string of the molecule is CCNC1=C(Nc2cnc(N3CCN(C4CCN(Cc5ccc(Cl)cc5F)CC4)C(CC)C3)c(Cl)c2)C(O)C1=O. The smallest absolute Gasteiger partial charge is 0.215 e. The van der Waals surface area contributed by atoms with Crippen LogP contribution in [0.5, 0.6) is 0 Å². The molecule has 3 N–H and O–H groups in total. The second-order valence-electron chi connectivity index (χ2n) is 10.7. The first-order valence-electron chi connectivity index (χ1n) is 14.1. The summed E-state index contributed by atoms with van der Waals surface area (Å²) in [6.07, 6.45) is 3.68. The number of likely N-dealkylation sites (N-methyl/N-ethyl adjacent to an activating group) is 1.